The van der Waals surface area contributed by atoms with E-state index in [4.69, 9.17) is 25.8 Å². The summed E-state index contributed by atoms with van der Waals surface area (Å²) in [5, 5.41) is 2.03. The Hall–Kier alpha value is -2.44. The van der Waals surface area contributed by atoms with E-state index in [1.807, 2.05) is 35.7 Å². The van der Waals surface area contributed by atoms with E-state index < -0.39 is 7.82 Å². The molecule has 4 aromatic rings. The summed E-state index contributed by atoms with van der Waals surface area (Å²) in [5.41, 5.74) is 4.12. The molecule has 4 nitrogen and oxygen atoms in total. The zero-order chi connectivity index (χ0) is 25.0. The highest BCUT2D eigenvalue weighted by atomic mass is 32.9. The van der Waals surface area contributed by atoms with Crippen LogP contribution in [0.15, 0.2) is 78.2 Å². The van der Waals surface area contributed by atoms with Crippen LogP contribution in [0.3, 0.4) is 0 Å². The molecule has 0 aliphatic carbocycles. The molecule has 0 fully saturated rings. The largest absolute Gasteiger partial charge is 0.647 e. The summed E-state index contributed by atoms with van der Waals surface area (Å²) in [6.45, 7) is 8.44. The molecule has 0 N–H and O–H groups in total. The topological polar surface area (TPSA) is 44.8 Å². The van der Waals surface area contributed by atoms with E-state index in [0.717, 1.165) is 20.5 Å². The molecule has 0 bridgehead atoms. The van der Waals surface area contributed by atoms with Crippen molar-refractivity contribution < 1.29 is 18.1 Å². The van der Waals surface area contributed by atoms with Crippen molar-refractivity contribution in [1.82, 2.24) is 0 Å². The van der Waals surface area contributed by atoms with E-state index in [-0.39, 0.29) is 5.92 Å². The fraction of sp³-hybridized carbons (Fsp3) is 0.222. The minimum absolute atomic E-state index is 0.160. The Labute approximate surface area is 219 Å². The van der Waals surface area contributed by atoms with Crippen LogP contribution in [0.25, 0.3) is 11.1 Å². The lowest BCUT2D eigenvalue weighted by Crippen LogP contribution is -2.09. The normalized spacial score (nSPS) is 13.0. The highest BCUT2D eigenvalue weighted by Gasteiger charge is 2.34. The Bertz CT molecular complexity index is 1380. The molecule has 182 valence electrons. The number of phosphoric ester groups is 1. The zero-order valence-corrected chi connectivity index (χ0v) is 23.3. The van der Waals surface area contributed by atoms with Crippen molar-refractivity contribution in [2.75, 3.05) is 0 Å². The van der Waals surface area contributed by atoms with E-state index in [9.17, 15) is 4.57 Å². The van der Waals surface area contributed by atoms with Crippen molar-refractivity contribution in [2.24, 2.45) is 0 Å². The molecule has 0 amide bonds. The third-order valence-corrected chi connectivity index (χ3v) is 9.34. The second-order valence-corrected chi connectivity index (χ2v) is 12.9. The predicted molar refractivity (Wildman–Crippen MR) is 149 cm³/mol. The van der Waals surface area contributed by atoms with Gasteiger partial charge in [-0.2, -0.15) is 4.57 Å². The Morgan fingerprint density at radius 3 is 2.03 bits per heavy atom. The maximum Gasteiger partial charge on any atom is 0.647 e. The molecule has 1 atom stereocenters. The first-order chi connectivity index (χ1) is 16.7. The molecule has 8 heteroatoms. The molecule has 1 heterocycles. The second-order valence-electron chi connectivity index (χ2n) is 8.66. The van der Waals surface area contributed by atoms with Gasteiger partial charge >= 0.3 is 7.82 Å². The summed E-state index contributed by atoms with van der Waals surface area (Å²) in [7, 11) is -0.923. The molecule has 0 aliphatic rings. The van der Waals surface area contributed by atoms with Crippen LogP contribution in [0.2, 0.25) is 0 Å². The van der Waals surface area contributed by atoms with Crippen LogP contribution in [0.5, 0.6) is 17.2 Å². The van der Waals surface area contributed by atoms with Crippen LogP contribution >= 0.6 is 40.7 Å². The van der Waals surface area contributed by atoms with Crippen LogP contribution in [0, 0.1) is 3.82 Å². The number of hydrogen-bond donors (Lipinski definition) is 0. The molecule has 1 unspecified atom stereocenters. The molecule has 0 saturated carbocycles. The van der Waals surface area contributed by atoms with Crippen LogP contribution in [-0.4, -0.2) is 0 Å². The lowest BCUT2D eigenvalue weighted by atomic mass is 9.95. The average molecular weight is 543 g/mol. The van der Waals surface area contributed by atoms with Gasteiger partial charge in [0, 0.05) is 10.9 Å². The third kappa shape index (κ3) is 6.42. The summed E-state index contributed by atoms with van der Waals surface area (Å²) in [6.07, 6.45) is 0. The predicted octanol–water partition coefficient (Wildman–Crippen LogP) is 10.1. The Morgan fingerprint density at radius 2 is 1.46 bits per heavy atom. The molecule has 0 radical (unpaired) electrons. The van der Waals surface area contributed by atoms with Crippen molar-refractivity contribution in [3.8, 4) is 28.4 Å². The SMILES string of the molecule is CC(C)c1ccc(OP(=O)(Oc2ccccc2)Oc2ccc(-c3cssc3=S)cc2)c(C(C)C)c1. The summed E-state index contributed by atoms with van der Waals surface area (Å²) in [5.74, 6) is 1.78. The zero-order valence-electron chi connectivity index (χ0n) is 20.0. The van der Waals surface area contributed by atoms with Gasteiger partial charge in [0.2, 0.25) is 0 Å². The standard InChI is InChI=1S/C27H27O4PS3/c1-18(2)21-12-15-26(24(16-21)19(3)4)31-32(28,29-22-8-6-5-7-9-22)30-23-13-10-20(11-14-23)25-17-34-35-27(25)33/h5-19H,1-4H3. The van der Waals surface area contributed by atoms with Gasteiger partial charge in [-0.15, -0.1) is 0 Å². The number of hydrogen-bond acceptors (Lipinski definition) is 7. The molecule has 1 aromatic heterocycles. The van der Waals surface area contributed by atoms with Crippen LogP contribution in [0.1, 0.15) is 50.7 Å². The van der Waals surface area contributed by atoms with Crippen LogP contribution < -0.4 is 13.6 Å². The van der Waals surface area contributed by atoms with Gasteiger partial charge in [-0.25, -0.2) is 0 Å². The van der Waals surface area contributed by atoms with Crippen LogP contribution in [-0.2, 0) is 4.57 Å². The van der Waals surface area contributed by atoms with Crippen molar-refractivity contribution in [3.05, 3.63) is 93.1 Å². The van der Waals surface area contributed by atoms with Gasteiger partial charge in [0.1, 0.15) is 21.1 Å². The average Bonchev–Trinajstić information content (AvgIpc) is 3.25. The number of para-hydroxylation sites is 1. The molecule has 0 spiro atoms. The van der Waals surface area contributed by atoms with Gasteiger partial charge < -0.3 is 13.6 Å². The van der Waals surface area contributed by atoms with E-state index in [1.54, 1.807) is 57.1 Å². The summed E-state index contributed by atoms with van der Waals surface area (Å²) in [4.78, 5) is 0. The van der Waals surface area contributed by atoms with E-state index in [1.165, 1.54) is 5.56 Å². The van der Waals surface area contributed by atoms with Gasteiger partial charge in [-0.05, 0) is 58.9 Å². The molecular formula is C27H27O4PS3. The lowest BCUT2D eigenvalue weighted by Gasteiger charge is -2.22. The fourth-order valence-corrected chi connectivity index (χ4v) is 7.14. The molecule has 4 rings (SSSR count). The molecular weight excluding hydrogens is 515 g/mol. The molecule has 0 aliphatic heterocycles. The van der Waals surface area contributed by atoms with Crippen LogP contribution in [0.4, 0.5) is 0 Å². The van der Waals surface area contributed by atoms with E-state index in [0.29, 0.717) is 23.2 Å². The quantitative estimate of drug-likeness (QED) is 0.120. The maximum atomic E-state index is 14.0. The number of rotatable bonds is 9. The minimum Gasteiger partial charge on any atom is -0.386 e. The van der Waals surface area contributed by atoms with Crippen molar-refractivity contribution in [1.29, 1.82) is 0 Å². The van der Waals surface area contributed by atoms with Gasteiger partial charge in [0.05, 0.1) is 0 Å². The maximum absolute atomic E-state index is 14.0. The van der Waals surface area contributed by atoms with Gasteiger partial charge in [0.25, 0.3) is 0 Å². The van der Waals surface area contributed by atoms with E-state index in [2.05, 4.69) is 33.8 Å². The lowest BCUT2D eigenvalue weighted by molar-refractivity contribution is 0.297. The second kappa shape index (κ2) is 11.1. The molecule has 0 saturated heterocycles. The Morgan fingerprint density at radius 1 is 0.800 bits per heavy atom. The fourth-order valence-electron chi connectivity index (χ4n) is 3.47. The number of phosphoric acid groups is 1. The number of benzene rings is 3. The highest BCUT2D eigenvalue weighted by Crippen LogP contribution is 2.51. The van der Waals surface area contributed by atoms with Gasteiger partial charge in [-0.1, -0.05) is 103 Å². The van der Waals surface area contributed by atoms with Gasteiger partial charge in [0.15, 0.2) is 0 Å². The first-order valence-corrected chi connectivity index (χ1v) is 15.4. The Kier molecular flexibility index (Phi) is 8.12. The first kappa shape index (κ1) is 25.6. The third-order valence-electron chi connectivity index (χ3n) is 5.39. The Balaban J connectivity index is 1.67. The van der Waals surface area contributed by atoms with E-state index >= 15 is 0 Å². The smallest absolute Gasteiger partial charge is 0.386 e. The first-order valence-electron chi connectivity index (χ1n) is 11.3. The van der Waals surface area contributed by atoms with Crippen molar-refractivity contribution >= 4 is 40.7 Å². The summed E-state index contributed by atoms with van der Waals surface area (Å²) in [6, 6.07) is 22.1. The molecule has 35 heavy (non-hydrogen) atoms. The highest BCUT2D eigenvalue weighted by molar-refractivity contribution is 7.79. The van der Waals surface area contributed by atoms with Crippen molar-refractivity contribution in [3.63, 3.8) is 0 Å². The summed E-state index contributed by atoms with van der Waals surface area (Å²) < 4.78 is 32.7. The minimum atomic E-state index is -4.09. The monoisotopic (exact) mass is 542 g/mol. The summed E-state index contributed by atoms with van der Waals surface area (Å²) >= 11 is 5.41. The van der Waals surface area contributed by atoms with Crippen molar-refractivity contribution in [2.45, 2.75) is 39.5 Å². The molecule has 3 aromatic carbocycles. The van der Waals surface area contributed by atoms with Gasteiger partial charge in [-0.3, -0.25) is 0 Å².